The van der Waals surface area contributed by atoms with Gasteiger partial charge in [-0.15, -0.1) is 0 Å². The molecule has 1 saturated heterocycles. The van der Waals surface area contributed by atoms with Crippen molar-refractivity contribution in [1.29, 1.82) is 0 Å². The highest BCUT2D eigenvalue weighted by Gasteiger charge is 2.73. The molecule has 6 aliphatic rings. The number of aryl methyl sites for hydroxylation is 1. The minimum atomic E-state index is -0.723. The Morgan fingerprint density at radius 1 is 1.03 bits per heavy atom. The van der Waals surface area contributed by atoms with Crippen LogP contribution >= 0.6 is 0 Å². The van der Waals surface area contributed by atoms with E-state index < -0.39 is 11.4 Å². The zero-order chi connectivity index (χ0) is 25.8. The van der Waals surface area contributed by atoms with Crippen LogP contribution in [-0.4, -0.2) is 22.9 Å². The molecule has 2 bridgehead atoms. The van der Waals surface area contributed by atoms with E-state index in [1.165, 1.54) is 10.5 Å². The Bertz CT molecular complexity index is 1180. The van der Waals surface area contributed by atoms with Crippen molar-refractivity contribution in [2.24, 2.45) is 51.8 Å². The molecule has 2 amide bonds. The fourth-order valence-corrected chi connectivity index (χ4v) is 9.91. The number of imide groups is 1. The Labute approximate surface area is 214 Å². The first-order chi connectivity index (χ1) is 17.0. The second-order valence-electron chi connectivity index (χ2n) is 13.3. The van der Waals surface area contributed by atoms with Gasteiger partial charge in [-0.2, -0.15) is 0 Å². The summed E-state index contributed by atoms with van der Waals surface area (Å²) in [7, 11) is 0. The van der Waals surface area contributed by atoms with Crippen LogP contribution in [0.15, 0.2) is 35.9 Å². The van der Waals surface area contributed by atoms with Crippen molar-refractivity contribution in [3.05, 3.63) is 41.5 Å². The fourth-order valence-electron chi connectivity index (χ4n) is 9.91. The number of fused-ring (bicyclic) bond motifs is 1. The number of amides is 2. The van der Waals surface area contributed by atoms with E-state index in [0.717, 1.165) is 44.1 Å². The number of rotatable bonds is 3. The first-order valence-electron chi connectivity index (χ1n) is 13.9. The van der Waals surface area contributed by atoms with E-state index in [1.807, 2.05) is 38.1 Å². The van der Waals surface area contributed by atoms with Crippen LogP contribution in [-0.2, 0) is 14.4 Å². The van der Waals surface area contributed by atoms with E-state index in [1.54, 1.807) is 0 Å². The van der Waals surface area contributed by atoms with E-state index >= 15 is 0 Å². The van der Waals surface area contributed by atoms with Gasteiger partial charge in [0.15, 0.2) is 0 Å². The summed E-state index contributed by atoms with van der Waals surface area (Å²) in [6.45, 7) is 10.7. The van der Waals surface area contributed by atoms with Crippen LogP contribution in [0.4, 0.5) is 5.69 Å². The number of carboxylic acid groups (broad SMARTS) is 1. The Balaban J connectivity index is 1.49. The maximum Gasteiger partial charge on any atom is 0.309 e. The molecule has 4 fully saturated rings. The molecule has 8 unspecified atom stereocenters. The molecular formula is C31H39NO4. The molecule has 0 aromatic heterocycles. The predicted molar refractivity (Wildman–Crippen MR) is 138 cm³/mol. The monoisotopic (exact) mass is 489 g/mol. The molecule has 8 atom stereocenters. The largest absolute Gasteiger partial charge is 0.481 e. The summed E-state index contributed by atoms with van der Waals surface area (Å²) in [5.74, 6) is -0.679. The Morgan fingerprint density at radius 3 is 2.36 bits per heavy atom. The highest BCUT2D eigenvalue weighted by atomic mass is 16.4. The van der Waals surface area contributed by atoms with Gasteiger partial charge in [0.05, 0.1) is 22.9 Å². The van der Waals surface area contributed by atoms with Crippen LogP contribution < -0.4 is 4.90 Å². The van der Waals surface area contributed by atoms with Gasteiger partial charge in [0.1, 0.15) is 0 Å². The van der Waals surface area contributed by atoms with Crippen molar-refractivity contribution in [1.82, 2.24) is 0 Å². The van der Waals surface area contributed by atoms with Crippen LogP contribution in [0.2, 0.25) is 0 Å². The quantitative estimate of drug-likeness (QED) is 0.417. The van der Waals surface area contributed by atoms with Crippen molar-refractivity contribution < 1.29 is 19.5 Å². The lowest BCUT2D eigenvalue weighted by Crippen LogP contribution is -2.65. The predicted octanol–water partition coefficient (Wildman–Crippen LogP) is 6.01. The van der Waals surface area contributed by atoms with E-state index in [9.17, 15) is 19.5 Å². The topological polar surface area (TPSA) is 74.7 Å². The lowest BCUT2D eigenvalue weighted by atomic mass is 9.34. The molecule has 7 rings (SSSR count). The van der Waals surface area contributed by atoms with E-state index in [-0.39, 0.29) is 52.2 Å². The zero-order valence-electron chi connectivity index (χ0n) is 22.2. The smallest absolute Gasteiger partial charge is 0.309 e. The Hall–Kier alpha value is -2.43. The highest BCUT2D eigenvalue weighted by molar-refractivity contribution is 6.23. The Kier molecular flexibility index (Phi) is 5.02. The molecule has 1 spiro atoms. The molecule has 5 heteroatoms. The molecular weight excluding hydrogens is 450 g/mol. The minimum Gasteiger partial charge on any atom is -0.481 e. The van der Waals surface area contributed by atoms with Crippen LogP contribution in [0.3, 0.4) is 0 Å². The molecule has 1 aliphatic heterocycles. The summed E-state index contributed by atoms with van der Waals surface area (Å²) in [5.41, 5.74) is 1.89. The van der Waals surface area contributed by atoms with Gasteiger partial charge in [-0.1, -0.05) is 56.5 Å². The van der Waals surface area contributed by atoms with Crippen LogP contribution in [0.25, 0.3) is 0 Å². The van der Waals surface area contributed by atoms with Crippen molar-refractivity contribution in [2.45, 2.75) is 73.1 Å². The third-order valence-electron chi connectivity index (χ3n) is 11.5. The summed E-state index contributed by atoms with van der Waals surface area (Å²) in [6.07, 6.45) is 7.58. The van der Waals surface area contributed by atoms with E-state index in [2.05, 4.69) is 26.8 Å². The van der Waals surface area contributed by atoms with Crippen LogP contribution in [0.1, 0.15) is 71.8 Å². The van der Waals surface area contributed by atoms with Crippen LogP contribution in [0.5, 0.6) is 0 Å². The number of carbonyl (C=O) groups is 3. The van der Waals surface area contributed by atoms with Crippen molar-refractivity contribution in [2.75, 3.05) is 4.90 Å². The highest BCUT2D eigenvalue weighted by Crippen LogP contribution is 2.74. The summed E-state index contributed by atoms with van der Waals surface area (Å²) in [5, 5.41) is 10.3. The SMILES string of the molecule is Cc1ccc(N2C(=O)C3C4CC5C6(C)CCCC(C)(C(=O)O)C6CCC5(C=C4C(C)C)C3C2=O)cc1. The number of carboxylic acids is 1. The average Bonchev–Trinajstić information content (AvgIpc) is 3.11. The van der Waals surface area contributed by atoms with Crippen molar-refractivity contribution >= 4 is 23.5 Å². The molecule has 192 valence electrons. The van der Waals surface area contributed by atoms with Gasteiger partial charge >= 0.3 is 5.97 Å². The van der Waals surface area contributed by atoms with Gasteiger partial charge in [-0.05, 0) is 87.2 Å². The normalized spacial score (nSPS) is 43.2. The molecule has 1 aromatic carbocycles. The molecule has 0 radical (unpaired) electrons. The standard InChI is InChI=1S/C31H39NO4/c1-17(2)21-16-31-14-11-22-29(4,12-6-13-30(22,5)28(35)36)23(31)15-20(21)24-25(31)27(34)32(26(24)33)19-9-7-18(3)8-10-19/h7-10,16-17,20,22-25H,6,11-15H2,1-5H3,(H,35,36). The molecule has 36 heavy (non-hydrogen) atoms. The van der Waals surface area contributed by atoms with Crippen molar-refractivity contribution in [3.8, 4) is 0 Å². The zero-order valence-corrected chi connectivity index (χ0v) is 22.2. The van der Waals surface area contributed by atoms with Gasteiger partial charge in [0, 0.05) is 5.41 Å². The molecule has 1 N–H and O–H groups in total. The lowest BCUT2D eigenvalue weighted by Gasteiger charge is -2.68. The fraction of sp³-hybridized carbons (Fsp3) is 0.645. The lowest BCUT2D eigenvalue weighted by molar-refractivity contribution is -0.194. The second-order valence-corrected chi connectivity index (χ2v) is 13.3. The van der Waals surface area contributed by atoms with Gasteiger partial charge < -0.3 is 5.11 Å². The first-order valence-corrected chi connectivity index (χ1v) is 13.9. The number of hydrogen-bond donors (Lipinski definition) is 1. The van der Waals surface area contributed by atoms with Crippen molar-refractivity contribution in [3.63, 3.8) is 0 Å². The molecule has 1 aromatic rings. The van der Waals surface area contributed by atoms with Gasteiger partial charge in [0.2, 0.25) is 11.8 Å². The summed E-state index contributed by atoms with van der Waals surface area (Å²) < 4.78 is 0. The summed E-state index contributed by atoms with van der Waals surface area (Å²) >= 11 is 0. The third kappa shape index (κ3) is 2.80. The molecule has 5 nitrogen and oxygen atoms in total. The second kappa shape index (κ2) is 7.55. The average molecular weight is 490 g/mol. The van der Waals surface area contributed by atoms with E-state index in [0.29, 0.717) is 11.6 Å². The maximum absolute atomic E-state index is 14.2. The number of anilines is 1. The summed E-state index contributed by atoms with van der Waals surface area (Å²) in [4.78, 5) is 42.3. The number of allylic oxidation sites excluding steroid dienone is 2. The van der Waals surface area contributed by atoms with Gasteiger partial charge in [-0.3, -0.25) is 19.3 Å². The van der Waals surface area contributed by atoms with Gasteiger partial charge in [0.25, 0.3) is 0 Å². The number of aliphatic carboxylic acids is 1. The van der Waals surface area contributed by atoms with E-state index in [4.69, 9.17) is 0 Å². The molecule has 1 heterocycles. The number of hydrogen-bond acceptors (Lipinski definition) is 3. The first kappa shape index (κ1) is 23.9. The minimum absolute atomic E-state index is 0.0331. The third-order valence-corrected chi connectivity index (χ3v) is 11.5. The Morgan fingerprint density at radius 2 is 1.72 bits per heavy atom. The van der Waals surface area contributed by atoms with Gasteiger partial charge in [-0.25, -0.2) is 0 Å². The van der Waals surface area contributed by atoms with Crippen LogP contribution in [0, 0.1) is 58.7 Å². The molecule has 5 aliphatic carbocycles. The molecule has 3 saturated carbocycles. The maximum atomic E-state index is 14.2. The number of nitrogens with zero attached hydrogens (tertiary/aromatic N) is 1. The number of carbonyl (C=O) groups excluding carboxylic acids is 2. The summed E-state index contributed by atoms with van der Waals surface area (Å²) in [6, 6.07) is 7.72. The number of benzene rings is 1.